The van der Waals surface area contributed by atoms with Gasteiger partial charge in [0.2, 0.25) is 5.82 Å². The predicted octanol–water partition coefficient (Wildman–Crippen LogP) is 4.79. The number of aromatic nitrogens is 2. The van der Waals surface area contributed by atoms with Gasteiger partial charge in [0, 0.05) is 17.9 Å². The van der Waals surface area contributed by atoms with Crippen LogP contribution in [0.25, 0.3) is 11.4 Å². The molecular formula is C20H18F2N2O2. The summed E-state index contributed by atoms with van der Waals surface area (Å²) in [4.78, 5) is 3.89. The van der Waals surface area contributed by atoms with Crippen molar-refractivity contribution >= 4 is 0 Å². The van der Waals surface area contributed by atoms with E-state index in [1.165, 1.54) is 0 Å². The van der Waals surface area contributed by atoms with E-state index in [2.05, 4.69) is 10.1 Å². The van der Waals surface area contributed by atoms with Gasteiger partial charge < -0.3 is 9.26 Å². The molecule has 0 aliphatic carbocycles. The van der Waals surface area contributed by atoms with Crippen molar-refractivity contribution in [3.63, 3.8) is 0 Å². The molecule has 0 saturated carbocycles. The fourth-order valence-electron chi connectivity index (χ4n) is 3.26. The summed E-state index contributed by atoms with van der Waals surface area (Å²) in [5, 5.41) is 3.68. The lowest BCUT2D eigenvalue weighted by molar-refractivity contribution is -0.0776. The molecule has 0 N–H and O–H groups in total. The van der Waals surface area contributed by atoms with Gasteiger partial charge in [-0.15, -0.1) is 0 Å². The van der Waals surface area contributed by atoms with Gasteiger partial charge in [-0.25, -0.2) is 0 Å². The van der Waals surface area contributed by atoms with Crippen LogP contribution in [-0.2, 0) is 10.7 Å². The second kappa shape index (κ2) is 6.96. The smallest absolute Gasteiger partial charge is 0.327 e. The molecule has 1 saturated heterocycles. The molecule has 1 aliphatic rings. The SMILES string of the molecule is FC(F)(C[C@@H]1C[C@H](c2ccccc2)CO1)c1nc(-c2ccccc2)no1. The third-order valence-corrected chi connectivity index (χ3v) is 4.61. The molecule has 1 aromatic heterocycles. The number of hydrogen-bond donors (Lipinski definition) is 0. The Morgan fingerprint density at radius 1 is 1.00 bits per heavy atom. The van der Waals surface area contributed by atoms with E-state index in [1.54, 1.807) is 24.3 Å². The zero-order valence-corrected chi connectivity index (χ0v) is 14.0. The molecular weight excluding hydrogens is 338 g/mol. The lowest BCUT2D eigenvalue weighted by Crippen LogP contribution is -2.22. The van der Waals surface area contributed by atoms with Crippen molar-refractivity contribution in [2.45, 2.75) is 30.8 Å². The zero-order valence-electron chi connectivity index (χ0n) is 14.0. The fraction of sp³-hybridized carbons (Fsp3) is 0.300. The Hall–Kier alpha value is -2.60. The molecule has 0 spiro atoms. The van der Waals surface area contributed by atoms with Crippen molar-refractivity contribution in [3.8, 4) is 11.4 Å². The molecule has 2 heterocycles. The van der Waals surface area contributed by atoms with Crippen LogP contribution < -0.4 is 0 Å². The molecule has 0 unspecified atom stereocenters. The maximum Gasteiger partial charge on any atom is 0.327 e. The van der Waals surface area contributed by atoms with Crippen LogP contribution in [0.2, 0.25) is 0 Å². The fourth-order valence-corrected chi connectivity index (χ4v) is 3.26. The Bertz CT molecular complexity index is 853. The highest BCUT2D eigenvalue weighted by molar-refractivity contribution is 5.53. The summed E-state index contributed by atoms with van der Waals surface area (Å²) in [7, 11) is 0. The zero-order chi connectivity index (χ0) is 18.0. The molecule has 4 rings (SSSR count). The number of rotatable bonds is 5. The molecule has 3 aromatic rings. The summed E-state index contributed by atoms with van der Waals surface area (Å²) in [5.74, 6) is -3.59. The van der Waals surface area contributed by atoms with Gasteiger partial charge in [-0.3, -0.25) is 0 Å². The third-order valence-electron chi connectivity index (χ3n) is 4.61. The highest BCUT2D eigenvalue weighted by atomic mass is 19.3. The van der Waals surface area contributed by atoms with Gasteiger partial charge in [-0.1, -0.05) is 65.8 Å². The molecule has 4 nitrogen and oxygen atoms in total. The number of nitrogens with zero attached hydrogens (tertiary/aromatic N) is 2. The molecule has 6 heteroatoms. The van der Waals surface area contributed by atoms with Crippen molar-refractivity contribution in [3.05, 3.63) is 72.1 Å². The topological polar surface area (TPSA) is 48.2 Å². The van der Waals surface area contributed by atoms with Crippen LogP contribution in [0.5, 0.6) is 0 Å². The maximum absolute atomic E-state index is 14.6. The number of halogens is 2. The van der Waals surface area contributed by atoms with Crippen molar-refractivity contribution in [2.24, 2.45) is 0 Å². The number of alkyl halides is 2. The Kier molecular flexibility index (Phi) is 4.51. The summed E-state index contributed by atoms with van der Waals surface area (Å²) in [6.07, 6.45) is -0.450. The van der Waals surface area contributed by atoms with Crippen LogP contribution in [-0.4, -0.2) is 22.9 Å². The summed E-state index contributed by atoms with van der Waals surface area (Å²) >= 11 is 0. The molecule has 2 atom stereocenters. The quantitative estimate of drug-likeness (QED) is 0.659. The minimum atomic E-state index is -3.23. The minimum absolute atomic E-state index is 0.138. The Balaban J connectivity index is 1.44. The summed E-state index contributed by atoms with van der Waals surface area (Å²) in [5.41, 5.74) is 1.75. The van der Waals surface area contributed by atoms with Gasteiger partial charge in [0.05, 0.1) is 12.7 Å². The molecule has 0 bridgehead atoms. The minimum Gasteiger partial charge on any atom is -0.377 e. The molecule has 134 valence electrons. The van der Waals surface area contributed by atoms with E-state index in [4.69, 9.17) is 9.26 Å². The van der Waals surface area contributed by atoms with Gasteiger partial charge in [0.15, 0.2) is 0 Å². The normalized spacial score (nSPS) is 20.4. The van der Waals surface area contributed by atoms with E-state index in [9.17, 15) is 8.78 Å². The lowest BCUT2D eigenvalue weighted by atomic mass is 9.94. The van der Waals surface area contributed by atoms with E-state index in [-0.39, 0.29) is 11.7 Å². The van der Waals surface area contributed by atoms with Crippen LogP contribution in [0.1, 0.15) is 30.2 Å². The van der Waals surface area contributed by atoms with Crippen LogP contribution in [0, 0.1) is 0 Å². The van der Waals surface area contributed by atoms with Crippen molar-refractivity contribution < 1.29 is 18.0 Å². The molecule has 1 fully saturated rings. The second-order valence-corrected chi connectivity index (χ2v) is 6.50. The largest absolute Gasteiger partial charge is 0.377 e. The first kappa shape index (κ1) is 16.8. The van der Waals surface area contributed by atoms with Gasteiger partial charge >= 0.3 is 5.92 Å². The van der Waals surface area contributed by atoms with E-state index in [1.807, 2.05) is 36.4 Å². The van der Waals surface area contributed by atoms with Crippen molar-refractivity contribution in [2.75, 3.05) is 6.61 Å². The first-order valence-electron chi connectivity index (χ1n) is 8.56. The first-order valence-corrected chi connectivity index (χ1v) is 8.56. The monoisotopic (exact) mass is 356 g/mol. The lowest BCUT2D eigenvalue weighted by Gasteiger charge is -2.16. The summed E-state index contributed by atoms with van der Waals surface area (Å²) < 4.78 is 39.6. The second-order valence-electron chi connectivity index (χ2n) is 6.50. The number of hydrogen-bond acceptors (Lipinski definition) is 4. The van der Waals surface area contributed by atoms with E-state index < -0.39 is 24.3 Å². The molecule has 26 heavy (non-hydrogen) atoms. The van der Waals surface area contributed by atoms with Crippen LogP contribution in [0.4, 0.5) is 8.78 Å². The van der Waals surface area contributed by atoms with Gasteiger partial charge in [-0.05, 0) is 12.0 Å². The molecule has 0 amide bonds. The van der Waals surface area contributed by atoms with E-state index in [0.717, 1.165) is 5.56 Å². The van der Waals surface area contributed by atoms with Crippen molar-refractivity contribution in [1.29, 1.82) is 0 Å². The number of ether oxygens (including phenoxy) is 1. The average molecular weight is 356 g/mol. The van der Waals surface area contributed by atoms with Crippen LogP contribution >= 0.6 is 0 Å². The predicted molar refractivity (Wildman–Crippen MR) is 91.8 cm³/mol. The van der Waals surface area contributed by atoms with Gasteiger partial charge in [0.1, 0.15) is 0 Å². The van der Waals surface area contributed by atoms with E-state index in [0.29, 0.717) is 18.6 Å². The Labute approximate surface area is 149 Å². The third kappa shape index (κ3) is 3.51. The van der Waals surface area contributed by atoms with Crippen LogP contribution in [0.3, 0.4) is 0 Å². The molecule has 2 aromatic carbocycles. The number of benzene rings is 2. The van der Waals surface area contributed by atoms with E-state index >= 15 is 0 Å². The Morgan fingerprint density at radius 3 is 2.42 bits per heavy atom. The molecule has 0 radical (unpaired) electrons. The highest BCUT2D eigenvalue weighted by Crippen LogP contribution is 2.39. The van der Waals surface area contributed by atoms with Gasteiger partial charge in [0.25, 0.3) is 5.89 Å². The Morgan fingerprint density at radius 2 is 1.69 bits per heavy atom. The standard InChI is InChI=1S/C20H18F2N2O2/c21-20(22,19-23-18(24-26-19)15-9-5-2-6-10-15)12-17-11-16(13-25-17)14-7-3-1-4-8-14/h1-10,16-17H,11-13H2/t16-,17-/m0/s1. The highest BCUT2D eigenvalue weighted by Gasteiger charge is 2.43. The first-order chi connectivity index (χ1) is 12.6. The maximum atomic E-state index is 14.6. The molecule has 1 aliphatic heterocycles. The summed E-state index contributed by atoms with van der Waals surface area (Å²) in [6, 6.07) is 18.7. The van der Waals surface area contributed by atoms with Crippen LogP contribution in [0.15, 0.2) is 65.2 Å². The van der Waals surface area contributed by atoms with Crippen molar-refractivity contribution in [1.82, 2.24) is 10.1 Å². The summed E-state index contributed by atoms with van der Waals surface area (Å²) in [6.45, 7) is 0.448. The average Bonchev–Trinajstić information content (AvgIpc) is 3.33. The van der Waals surface area contributed by atoms with Gasteiger partial charge in [-0.2, -0.15) is 13.8 Å².